The lowest BCUT2D eigenvalue weighted by atomic mass is 10.0. The summed E-state index contributed by atoms with van der Waals surface area (Å²) in [4.78, 5) is 60.4. The molecule has 11 nitrogen and oxygen atoms in total. The Bertz CT molecular complexity index is 928. The number of carboxylic acids is 1. The van der Waals surface area contributed by atoms with Gasteiger partial charge in [0.05, 0.1) is 12.5 Å². The fourth-order valence-corrected chi connectivity index (χ4v) is 3.06. The summed E-state index contributed by atoms with van der Waals surface area (Å²) in [6.07, 6.45) is -0.365. The summed E-state index contributed by atoms with van der Waals surface area (Å²) >= 11 is 0. The van der Waals surface area contributed by atoms with E-state index in [-0.39, 0.29) is 12.3 Å². The Morgan fingerprint density at radius 3 is 2.03 bits per heavy atom. The van der Waals surface area contributed by atoms with Crippen molar-refractivity contribution in [1.29, 1.82) is 5.26 Å². The number of amides is 4. The third-order valence-corrected chi connectivity index (χ3v) is 4.83. The van der Waals surface area contributed by atoms with Crippen LogP contribution in [-0.2, 0) is 30.4 Å². The van der Waals surface area contributed by atoms with E-state index in [1.54, 1.807) is 19.9 Å². The number of nitriles is 1. The largest absolute Gasteiger partial charge is 0.481 e. The van der Waals surface area contributed by atoms with Crippen molar-refractivity contribution in [3.63, 3.8) is 0 Å². The van der Waals surface area contributed by atoms with E-state index in [0.29, 0.717) is 0 Å². The first kappa shape index (κ1) is 28.1. The summed E-state index contributed by atoms with van der Waals surface area (Å²) in [6.45, 7) is 6.07. The van der Waals surface area contributed by atoms with Gasteiger partial charge in [-0.2, -0.15) is 5.26 Å². The minimum absolute atomic E-state index is 0.219. The molecule has 5 N–H and O–H groups in total. The molecular weight excluding hydrogens is 442 g/mol. The van der Waals surface area contributed by atoms with Gasteiger partial charge >= 0.3 is 5.97 Å². The van der Waals surface area contributed by atoms with Crippen molar-refractivity contribution in [2.45, 2.75) is 64.7 Å². The monoisotopic (exact) mass is 473 g/mol. The summed E-state index contributed by atoms with van der Waals surface area (Å²) in [5, 5.41) is 27.7. The number of rotatable bonds is 12. The number of nitrogens with one attached hydrogen (secondary N) is 4. The molecule has 0 spiro atoms. The second kappa shape index (κ2) is 13.6. The average molecular weight is 474 g/mol. The minimum Gasteiger partial charge on any atom is -0.481 e. The summed E-state index contributed by atoms with van der Waals surface area (Å²) < 4.78 is 0. The van der Waals surface area contributed by atoms with Gasteiger partial charge in [-0.05, 0) is 18.4 Å². The predicted octanol–water partition coefficient (Wildman–Crippen LogP) is -0.138. The molecule has 34 heavy (non-hydrogen) atoms. The standard InChI is InChI=1S/C23H31N5O6/c1-13(2)20(23(34)25-14(3)21(32)27-17(12-24)11-19(30)31)28-22(33)18(26-15(4)29)10-16-8-6-5-7-9-16/h5-9,13-14,17-18,20H,10-11H2,1-4H3,(H,25,34)(H,26,29)(H,27,32)(H,28,33)(H,30,31)/t14-,17?,18-,20-/m0/s1. The quantitative estimate of drug-likeness (QED) is 0.280. The number of carbonyl (C=O) groups excluding carboxylic acids is 4. The molecule has 1 unspecified atom stereocenters. The van der Waals surface area contributed by atoms with E-state index in [1.807, 2.05) is 30.3 Å². The summed E-state index contributed by atoms with van der Waals surface area (Å²) in [5.41, 5.74) is 0.820. The van der Waals surface area contributed by atoms with Crippen LogP contribution in [0.4, 0.5) is 0 Å². The number of aliphatic carboxylic acids is 1. The Morgan fingerprint density at radius 1 is 0.912 bits per heavy atom. The van der Waals surface area contributed by atoms with Crippen molar-refractivity contribution in [3.8, 4) is 6.07 Å². The van der Waals surface area contributed by atoms with E-state index in [2.05, 4.69) is 21.3 Å². The second-order valence-corrected chi connectivity index (χ2v) is 8.19. The number of carbonyl (C=O) groups is 5. The Hall–Kier alpha value is -3.94. The van der Waals surface area contributed by atoms with Crippen LogP contribution in [0.2, 0.25) is 0 Å². The van der Waals surface area contributed by atoms with Gasteiger partial charge in [-0.3, -0.25) is 24.0 Å². The van der Waals surface area contributed by atoms with Crippen LogP contribution in [0.1, 0.15) is 39.7 Å². The summed E-state index contributed by atoms with van der Waals surface area (Å²) in [5.74, 6) is -3.95. The zero-order valence-electron chi connectivity index (χ0n) is 19.6. The average Bonchev–Trinajstić information content (AvgIpc) is 2.75. The summed E-state index contributed by atoms with van der Waals surface area (Å²) in [6, 6.07) is 6.47. The zero-order chi connectivity index (χ0) is 25.8. The van der Waals surface area contributed by atoms with E-state index in [4.69, 9.17) is 10.4 Å². The molecule has 0 bridgehead atoms. The van der Waals surface area contributed by atoms with Crippen LogP contribution < -0.4 is 21.3 Å². The molecule has 0 aliphatic heterocycles. The molecule has 1 rings (SSSR count). The van der Waals surface area contributed by atoms with Crippen LogP contribution in [0.3, 0.4) is 0 Å². The molecule has 0 aliphatic carbocycles. The highest BCUT2D eigenvalue weighted by Gasteiger charge is 2.30. The molecule has 0 radical (unpaired) electrons. The maximum Gasteiger partial charge on any atom is 0.306 e. The van der Waals surface area contributed by atoms with E-state index >= 15 is 0 Å². The first-order valence-electron chi connectivity index (χ1n) is 10.8. The van der Waals surface area contributed by atoms with E-state index in [9.17, 15) is 24.0 Å². The van der Waals surface area contributed by atoms with Gasteiger partial charge in [0.2, 0.25) is 23.6 Å². The Morgan fingerprint density at radius 2 is 1.53 bits per heavy atom. The van der Waals surface area contributed by atoms with Crippen LogP contribution in [0.15, 0.2) is 30.3 Å². The molecule has 0 saturated carbocycles. The SMILES string of the molecule is CC(=O)N[C@@H](Cc1ccccc1)C(=O)N[C@H](C(=O)N[C@@H](C)C(=O)NC(C#N)CC(=O)O)C(C)C. The maximum atomic E-state index is 12.9. The highest BCUT2D eigenvalue weighted by Crippen LogP contribution is 2.07. The lowest BCUT2D eigenvalue weighted by Gasteiger charge is -2.26. The number of carboxylic acid groups (broad SMARTS) is 1. The smallest absolute Gasteiger partial charge is 0.306 e. The Balaban J connectivity index is 2.86. The van der Waals surface area contributed by atoms with E-state index in [1.165, 1.54) is 13.8 Å². The van der Waals surface area contributed by atoms with Crippen molar-refractivity contribution < 1.29 is 29.1 Å². The fourth-order valence-electron chi connectivity index (χ4n) is 3.06. The van der Waals surface area contributed by atoms with Gasteiger partial charge in [0, 0.05) is 13.3 Å². The predicted molar refractivity (Wildman–Crippen MR) is 122 cm³/mol. The molecule has 4 amide bonds. The molecule has 11 heteroatoms. The molecule has 1 aromatic carbocycles. The molecule has 1 aromatic rings. The lowest BCUT2D eigenvalue weighted by Crippen LogP contribution is -2.58. The van der Waals surface area contributed by atoms with Crippen LogP contribution in [-0.4, -0.2) is 58.9 Å². The molecule has 0 saturated heterocycles. The van der Waals surface area contributed by atoms with Gasteiger partial charge in [-0.25, -0.2) is 0 Å². The Labute approximate surface area is 198 Å². The van der Waals surface area contributed by atoms with Crippen molar-refractivity contribution in [2.24, 2.45) is 5.92 Å². The van der Waals surface area contributed by atoms with E-state index in [0.717, 1.165) is 5.56 Å². The molecule has 0 aromatic heterocycles. The highest BCUT2D eigenvalue weighted by atomic mass is 16.4. The minimum atomic E-state index is -1.25. The maximum absolute atomic E-state index is 12.9. The third-order valence-electron chi connectivity index (χ3n) is 4.83. The Kier molecular flexibility index (Phi) is 11.2. The number of nitrogens with zero attached hydrogens (tertiary/aromatic N) is 1. The van der Waals surface area contributed by atoms with Gasteiger partial charge in [0.25, 0.3) is 0 Å². The number of hydrogen-bond donors (Lipinski definition) is 5. The van der Waals surface area contributed by atoms with Crippen LogP contribution in [0.25, 0.3) is 0 Å². The fraction of sp³-hybridized carbons (Fsp3) is 0.478. The van der Waals surface area contributed by atoms with Crippen LogP contribution >= 0.6 is 0 Å². The number of hydrogen-bond acceptors (Lipinski definition) is 6. The second-order valence-electron chi connectivity index (χ2n) is 8.19. The molecular formula is C23H31N5O6. The van der Waals surface area contributed by atoms with Crippen molar-refractivity contribution >= 4 is 29.6 Å². The van der Waals surface area contributed by atoms with Crippen molar-refractivity contribution in [1.82, 2.24) is 21.3 Å². The van der Waals surface area contributed by atoms with Gasteiger partial charge in [-0.15, -0.1) is 0 Å². The first-order chi connectivity index (χ1) is 15.9. The zero-order valence-corrected chi connectivity index (χ0v) is 19.6. The molecule has 0 aliphatic rings. The summed E-state index contributed by atoms with van der Waals surface area (Å²) in [7, 11) is 0. The third kappa shape index (κ3) is 9.68. The van der Waals surface area contributed by atoms with Crippen molar-refractivity contribution in [2.75, 3.05) is 0 Å². The topological polar surface area (TPSA) is 177 Å². The van der Waals surface area contributed by atoms with Gasteiger partial charge < -0.3 is 26.4 Å². The van der Waals surface area contributed by atoms with Crippen LogP contribution in [0.5, 0.6) is 0 Å². The van der Waals surface area contributed by atoms with Gasteiger partial charge in [0.1, 0.15) is 24.2 Å². The molecule has 0 fully saturated rings. The van der Waals surface area contributed by atoms with Gasteiger partial charge in [0.15, 0.2) is 0 Å². The normalized spacial score (nSPS) is 14.0. The molecule has 0 heterocycles. The van der Waals surface area contributed by atoms with Crippen LogP contribution in [0, 0.1) is 17.2 Å². The van der Waals surface area contributed by atoms with Gasteiger partial charge in [-0.1, -0.05) is 44.2 Å². The van der Waals surface area contributed by atoms with E-state index < -0.39 is 60.2 Å². The first-order valence-corrected chi connectivity index (χ1v) is 10.8. The molecule has 184 valence electrons. The number of benzene rings is 1. The molecule has 4 atom stereocenters. The lowest BCUT2D eigenvalue weighted by molar-refractivity contribution is -0.137. The van der Waals surface area contributed by atoms with Crippen molar-refractivity contribution in [3.05, 3.63) is 35.9 Å². The highest BCUT2D eigenvalue weighted by molar-refractivity contribution is 5.94.